The van der Waals surface area contributed by atoms with Crippen LogP contribution in [0.25, 0.3) is 0 Å². The summed E-state index contributed by atoms with van der Waals surface area (Å²) in [5.74, 6) is -1.83. The average molecular weight is 373 g/mol. The van der Waals surface area contributed by atoms with E-state index in [0.717, 1.165) is 0 Å². The Morgan fingerprint density at radius 3 is 2.81 bits per heavy atom. The predicted octanol–water partition coefficient (Wildman–Crippen LogP) is 2.72. The summed E-state index contributed by atoms with van der Waals surface area (Å²) in [5.41, 5.74) is 0.345. The lowest BCUT2D eigenvalue weighted by molar-refractivity contribution is 0.0690. The highest BCUT2D eigenvalue weighted by molar-refractivity contribution is 9.10. The standard InChI is InChI=1S/C13H10BrFN2O3S/c14-8-5-7(1-2-9(8)15)12(18)16-4-3-11-17-10(6-21-11)13(19)20/h1-2,5-6H,3-4H2,(H,16,18)(H,19,20). The molecule has 0 aliphatic heterocycles. The Labute approximate surface area is 132 Å². The third-order valence-electron chi connectivity index (χ3n) is 2.58. The van der Waals surface area contributed by atoms with Gasteiger partial charge in [-0.05, 0) is 34.1 Å². The van der Waals surface area contributed by atoms with Gasteiger partial charge in [0.2, 0.25) is 0 Å². The molecule has 0 spiro atoms. The minimum atomic E-state index is -1.07. The molecule has 0 unspecified atom stereocenters. The maximum Gasteiger partial charge on any atom is 0.355 e. The molecular formula is C13H10BrFN2O3S. The van der Waals surface area contributed by atoms with Gasteiger partial charge in [0.25, 0.3) is 5.91 Å². The summed E-state index contributed by atoms with van der Waals surface area (Å²) in [7, 11) is 0. The first kappa shape index (κ1) is 15.6. The third-order valence-corrected chi connectivity index (χ3v) is 4.09. The summed E-state index contributed by atoms with van der Waals surface area (Å²) in [6, 6.07) is 4.00. The van der Waals surface area contributed by atoms with Gasteiger partial charge >= 0.3 is 5.97 Å². The lowest BCUT2D eigenvalue weighted by Gasteiger charge is -2.04. The van der Waals surface area contributed by atoms with Crippen molar-refractivity contribution >= 4 is 39.1 Å². The number of aromatic carboxylic acids is 1. The number of carboxylic acid groups (broad SMARTS) is 1. The summed E-state index contributed by atoms with van der Waals surface area (Å²) >= 11 is 4.25. The van der Waals surface area contributed by atoms with Gasteiger partial charge in [-0.25, -0.2) is 14.2 Å². The number of benzene rings is 1. The van der Waals surface area contributed by atoms with E-state index in [1.165, 1.54) is 34.9 Å². The number of carboxylic acids is 1. The van der Waals surface area contributed by atoms with E-state index in [1.54, 1.807) is 0 Å². The highest BCUT2D eigenvalue weighted by Gasteiger charge is 2.10. The van der Waals surface area contributed by atoms with Crippen molar-refractivity contribution < 1.29 is 19.1 Å². The number of aromatic nitrogens is 1. The molecular weight excluding hydrogens is 363 g/mol. The first-order valence-corrected chi connectivity index (χ1v) is 7.55. The Hall–Kier alpha value is -1.80. The van der Waals surface area contributed by atoms with Crippen LogP contribution < -0.4 is 5.32 Å². The Morgan fingerprint density at radius 1 is 1.43 bits per heavy atom. The van der Waals surface area contributed by atoms with Gasteiger partial charge in [-0.1, -0.05) is 0 Å². The molecule has 2 rings (SSSR count). The first-order valence-electron chi connectivity index (χ1n) is 5.88. The fourth-order valence-electron chi connectivity index (χ4n) is 1.55. The molecule has 1 aromatic heterocycles. The molecule has 0 fully saturated rings. The zero-order chi connectivity index (χ0) is 15.4. The van der Waals surface area contributed by atoms with Crippen molar-refractivity contribution in [3.63, 3.8) is 0 Å². The van der Waals surface area contributed by atoms with Crippen LogP contribution in [0.1, 0.15) is 25.9 Å². The molecule has 110 valence electrons. The van der Waals surface area contributed by atoms with E-state index in [4.69, 9.17) is 5.11 Å². The number of nitrogens with zero attached hydrogens (tertiary/aromatic N) is 1. The molecule has 2 aromatic rings. The maximum atomic E-state index is 13.1. The Bertz CT molecular complexity index is 690. The molecule has 0 saturated carbocycles. The van der Waals surface area contributed by atoms with Crippen LogP contribution in [0.15, 0.2) is 28.1 Å². The van der Waals surface area contributed by atoms with Crippen molar-refractivity contribution in [2.24, 2.45) is 0 Å². The van der Waals surface area contributed by atoms with Gasteiger partial charge in [-0.3, -0.25) is 4.79 Å². The Balaban J connectivity index is 1.88. The number of carbonyl (C=O) groups is 2. The number of nitrogens with one attached hydrogen (secondary N) is 1. The number of hydrogen-bond donors (Lipinski definition) is 2. The zero-order valence-corrected chi connectivity index (χ0v) is 13.0. The molecule has 0 saturated heterocycles. The van der Waals surface area contributed by atoms with Gasteiger partial charge < -0.3 is 10.4 Å². The summed E-state index contributed by atoms with van der Waals surface area (Å²) in [5, 5.41) is 13.5. The zero-order valence-electron chi connectivity index (χ0n) is 10.6. The average Bonchev–Trinajstić information content (AvgIpc) is 2.91. The molecule has 0 atom stereocenters. The number of rotatable bonds is 5. The van der Waals surface area contributed by atoms with Crippen LogP contribution in [0.5, 0.6) is 0 Å². The topological polar surface area (TPSA) is 79.3 Å². The van der Waals surface area contributed by atoms with Gasteiger partial charge in [0.15, 0.2) is 5.69 Å². The third kappa shape index (κ3) is 4.08. The molecule has 2 N–H and O–H groups in total. The molecule has 21 heavy (non-hydrogen) atoms. The van der Waals surface area contributed by atoms with Crippen molar-refractivity contribution in [2.75, 3.05) is 6.54 Å². The normalized spacial score (nSPS) is 10.4. The second-order valence-corrected chi connectivity index (χ2v) is 5.86. The van der Waals surface area contributed by atoms with Crippen LogP contribution in [0.4, 0.5) is 4.39 Å². The molecule has 0 aliphatic rings. The van der Waals surface area contributed by atoms with Gasteiger partial charge in [0.1, 0.15) is 5.82 Å². The molecule has 1 aromatic carbocycles. The van der Waals surface area contributed by atoms with Crippen LogP contribution in [-0.2, 0) is 6.42 Å². The van der Waals surface area contributed by atoms with Gasteiger partial charge in [0, 0.05) is 23.9 Å². The summed E-state index contributed by atoms with van der Waals surface area (Å²) < 4.78 is 13.3. The second-order valence-electron chi connectivity index (χ2n) is 4.07. The number of hydrogen-bond acceptors (Lipinski definition) is 4. The van der Waals surface area contributed by atoms with Gasteiger partial charge in [-0.15, -0.1) is 11.3 Å². The molecule has 0 aliphatic carbocycles. The lowest BCUT2D eigenvalue weighted by Crippen LogP contribution is -2.25. The number of carbonyl (C=O) groups excluding carboxylic acids is 1. The van der Waals surface area contributed by atoms with Crippen molar-refractivity contribution in [3.05, 3.63) is 50.1 Å². The van der Waals surface area contributed by atoms with Crippen molar-refractivity contribution in [3.8, 4) is 0 Å². The van der Waals surface area contributed by atoms with Gasteiger partial charge in [-0.2, -0.15) is 0 Å². The monoisotopic (exact) mass is 372 g/mol. The van der Waals surface area contributed by atoms with Crippen LogP contribution in [0, 0.1) is 5.82 Å². The number of amides is 1. The summed E-state index contributed by atoms with van der Waals surface area (Å²) in [4.78, 5) is 26.4. The smallest absolute Gasteiger partial charge is 0.355 e. The van der Waals surface area contributed by atoms with E-state index in [0.29, 0.717) is 23.5 Å². The van der Waals surface area contributed by atoms with Crippen LogP contribution in [0.3, 0.4) is 0 Å². The predicted molar refractivity (Wildman–Crippen MR) is 79.2 cm³/mol. The Kier molecular flexibility index (Phi) is 5.03. The van der Waals surface area contributed by atoms with Gasteiger partial charge in [0.05, 0.1) is 9.48 Å². The minimum absolute atomic E-state index is 0.00351. The fraction of sp³-hybridized carbons (Fsp3) is 0.154. The quantitative estimate of drug-likeness (QED) is 0.845. The van der Waals surface area contributed by atoms with Crippen molar-refractivity contribution in [1.29, 1.82) is 0 Å². The molecule has 1 amide bonds. The second kappa shape index (κ2) is 6.77. The fourth-order valence-corrected chi connectivity index (χ4v) is 2.70. The van der Waals surface area contributed by atoms with Crippen molar-refractivity contribution in [2.45, 2.75) is 6.42 Å². The first-order chi connectivity index (χ1) is 9.97. The van der Waals surface area contributed by atoms with E-state index in [2.05, 4.69) is 26.2 Å². The molecule has 5 nitrogen and oxygen atoms in total. The SMILES string of the molecule is O=C(NCCc1nc(C(=O)O)cs1)c1ccc(F)c(Br)c1. The van der Waals surface area contributed by atoms with E-state index in [9.17, 15) is 14.0 Å². The summed E-state index contributed by atoms with van der Waals surface area (Å²) in [6.45, 7) is 0.320. The van der Waals surface area contributed by atoms with Crippen LogP contribution in [0.2, 0.25) is 0 Å². The van der Waals surface area contributed by atoms with E-state index in [-0.39, 0.29) is 16.1 Å². The lowest BCUT2D eigenvalue weighted by atomic mass is 10.2. The van der Waals surface area contributed by atoms with Crippen LogP contribution >= 0.6 is 27.3 Å². The van der Waals surface area contributed by atoms with E-state index in [1.807, 2.05) is 0 Å². The number of thiazole rings is 1. The molecule has 1 heterocycles. The van der Waals surface area contributed by atoms with E-state index >= 15 is 0 Å². The number of halogens is 2. The maximum absolute atomic E-state index is 13.1. The van der Waals surface area contributed by atoms with Crippen LogP contribution in [-0.4, -0.2) is 28.5 Å². The van der Waals surface area contributed by atoms with E-state index < -0.39 is 11.8 Å². The molecule has 0 radical (unpaired) electrons. The molecule has 8 heteroatoms. The highest BCUT2D eigenvalue weighted by atomic mass is 79.9. The minimum Gasteiger partial charge on any atom is -0.476 e. The van der Waals surface area contributed by atoms with Crippen molar-refractivity contribution in [1.82, 2.24) is 10.3 Å². The molecule has 0 bridgehead atoms. The highest BCUT2D eigenvalue weighted by Crippen LogP contribution is 2.16. The largest absolute Gasteiger partial charge is 0.476 e. The Morgan fingerprint density at radius 2 is 2.19 bits per heavy atom. The summed E-state index contributed by atoms with van der Waals surface area (Å²) in [6.07, 6.45) is 0.437.